The van der Waals surface area contributed by atoms with Crippen molar-refractivity contribution in [3.05, 3.63) is 23.5 Å². The molecule has 1 aromatic heterocycles. The summed E-state index contributed by atoms with van der Waals surface area (Å²) in [6.45, 7) is 1.98. The van der Waals surface area contributed by atoms with Crippen molar-refractivity contribution in [1.82, 2.24) is 4.98 Å². The van der Waals surface area contributed by atoms with Crippen molar-refractivity contribution in [3.63, 3.8) is 0 Å². The quantitative estimate of drug-likeness (QED) is 0.664. The minimum atomic E-state index is -0.147. The van der Waals surface area contributed by atoms with Gasteiger partial charge in [-0.2, -0.15) is 5.26 Å². The van der Waals surface area contributed by atoms with Crippen molar-refractivity contribution in [2.24, 2.45) is 5.73 Å². The Kier molecular flexibility index (Phi) is 2.29. The fraction of sp³-hybridized carbons (Fsp3) is 0.375. The number of nitrogens with two attached hydrogens (primary N) is 1. The molecule has 0 amide bonds. The van der Waals surface area contributed by atoms with Gasteiger partial charge in [-0.05, 0) is 18.1 Å². The summed E-state index contributed by atoms with van der Waals surface area (Å²) < 4.78 is 0. The largest absolute Gasteiger partial charge is 0.367 e. The predicted molar refractivity (Wildman–Crippen MR) is 42.7 cm³/mol. The lowest BCUT2D eigenvalue weighted by atomic mass is 10.1. The molecule has 3 N–H and O–H groups in total. The number of nitrogens with one attached hydrogen (secondary N) is 1. The van der Waals surface area contributed by atoms with Crippen LogP contribution in [-0.4, -0.2) is 4.98 Å². The lowest BCUT2D eigenvalue weighted by Gasteiger charge is -2.04. The van der Waals surface area contributed by atoms with E-state index < -0.39 is 0 Å². The van der Waals surface area contributed by atoms with E-state index in [2.05, 4.69) is 4.98 Å². The monoisotopic (exact) mass is 149 g/mol. The number of rotatable bonds is 2. The molecule has 11 heavy (non-hydrogen) atoms. The molecule has 1 rings (SSSR count). The van der Waals surface area contributed by atoms with E-state index in [9.17, 15) is 0 Å². The summed E-state index contributed by atoms with van der Waals surface area (Å²) in [5.74, 6) is 0. The molecular formula is C8H11N3. The van der Waals surface area contributed by atoms with Crippen molar-refractivity contribution in [2.75, 3.05) is 0 Å². The fourth-order valence-corrected chi connectivity index (χ4v) is 1.06. The van der Waals surface area contributed by atoms with Gasteiger partial charge in [-0.1, -0.05) is 0 Å². The summed E-state index contributed by atoms with van der Waals surface area (Å²) in [5.41, 5.74) is 7.86. The average molecular weight is 149 g/mol. The number of aryl methyl sites for hydroxylation is 1. The first kappa shape index (κ1) is 7.83. The van der Waals surface area contributed by atoms with Crippen LogP contribution in [0.4, 0.5) is 0 Å². The van der Waals surface area contributed by atoms with E-state index in [0.29, 0.717) is 6.42 Å². The molecule has 0 spiro atoms. The summed E-state index contributed by atoms with van der Waals surface area (Å²) in [6, 6.07) is 1.90. The topological polar surface area (TPSA) is 65.6 Å². The molecule has 3 heteroatoms. The standard InChI is InChI=1S/C8H11N3/c1-6-4-11-5-7(6)8(10)2-3-9/h4-5,8,11H,2,10H2,1H3/t8-/m0/s1. The highest BCUT2D eigenvalue weighted by atomic mass is 14.7. The predicted octanol–water partition coefficient (Wildman–Crippen LogP) is 1.24. The van der Waals surface area contributed by atoms with Crippen LogP contribution in [0.25, 0.3) is 0 Å². The van der Waals surface area contributed by atoms with Crippen molar-refractivity contribution in [3.8, 4) is 6.07 Å². The van der Waals surface area contributed by atoms with Crippen molar-refractivity contribution < 1.29 is 0 Å². The van der Waals surface area contributed by atoms with Gasteiger partial charge >= 0.3 is 0 Å². The van der Waals surface area contributed by atoms with Gasteiger partial charge in [0.15, 0.2) is 0 Å². The van der Waals surface area contributed by atoms with Crippen LogP contribution in [0.2, 0.25) is 0 Å². The normalized spacial score (nSPS) is 12.5. The summed E-state index contributed by atoms with van der Waals surface area (Å²) in [5, 5.41) is 8.39. The van der Waals surface area contributed by atoms with Gasteiger partial charge in [0.25, 0.3) is 0 Å². The molecule has 3 nitrogen and oxygen atoms in total. The second kappa shape index (κ2) is 3.22. The van der Waals surface area contributed by atoms with Gasteiger partial charge in [0.1, 0.15) is 0 Å². The minimum Gasteiger partial charge on any atom is -0.367 e. The third-order valence-electron chi connectivity index (χ3n) is 1.70. The Bertz CT molecular complexity index is 269. The molecule has 1 heterocycles. The van der Waals surface area contributed by atoms with Crippen LogP contribution in [0.15, 0.2) is 12.4 Å². The molecule has 0 saturated heterocycles. The van der Waals surface area contributed by atoms with Gasteiger partial charge < -0.3 is 10.7 Å². The van der Waals surface area contributed by atoms with Crippen LogP contribution in [-0.2, 0) is 0 Å². The molecule has 0 unspecified atom stereocenters. The smallest absolute Gasteiger partial charge is 0.0641 e. The highest BCUT2D eigenvalue weighted by Crippen LogP contribution is 2.16. The van der Waals surface area contributed by atoms with Crippen molar-refractivity contribution in [2.45, 2.75) is 19.4 Å². The van der Waals surface area contributed by atoms with E-state index in [0.717, 1.165) is 11.1 Å². The van der Waals surface area contributed by atoms with Gasteiger partial charge in [-0.25, -0.2) is 0 Å². The third-order valence-corrected chi connectivity index (χ3v) is 1.70. The Hall–Kier alpha value is -1.27. The maximum absolute atomic E-state index is 8.39. The number of aromatic nitrogens is 1. The number of nitriles is 1. The molecule has 0 radical (unpaired) electrons. The Morgan fingerprint density at radius 3 is 2.91 bits per heavy atom. The molecule has 0 saturated carbocycles. The van der Waals surface area contributed by atoms with Crippen LogP contribution in [0.1, 0.15) is 23.6 Å². The van der Waals surface area contributed by atoms with Crippen LogP contribution in [0.3, 0.4) is 0 Å². The first-order chi connectivity index (χ1) is 5.25. The van der Waals surface area contributed by atoms with E-state index >= 15 is 0 Å². The van der Waals surface area contributed by atoms with Crippen molar-refractivity contribution in [1.29, 1.82) is 5.26 Å². The van der Waals surface area contributed by atoms with Gasteiger partial charge in [0, 0.05) is 18.4 Å². The highest BCUT2D eigenvalue weighted by Gasteiger charge is 2.07. The Morgan fingerprint density at radius 1 is 1.73 bits per heavy atom. The molecule has 1 atom stereocenters. The molecule has 0 fully saturated rings. The zero-order valence-electron chi connectivity index (χ0n) is 6.46. The van der Waals surface area contributed by atoms with Gasteiger partial charge in [-0.15, -0.1) is 0 Å². The van der Waals surface area contributed by atoms with E-state index in [4.69, 9.17) is 11.0 Å². The van der Waals surface area contributed by atoms with Crippen LogP contribution < -0.4 is 5.73 Å². The van der Waals surface area contributed by atoms with Crippen LogP contribution >= 0.6 is 0 Å². The molecule has 1 aromatic rings. The first-order valence-corrected chi connectivity index (χ1v) is 3.51. The summed E-state index contributed by atoms with van der Waals surface area (Å²) >= 11 is 0. The number of nitrogens with zero attached hydrogens (tertiary/aromatic N) is 1. The molecule has 0 aliphatic carbocycles. The average Bonchev–Trinajstić information content (AvgIpc) is 2.36. The third kappa shape index (κ3) is 1.60. The molecule has 0 aliphatic rings. The summed E-state index contributed by atoms with van der Waals surface area (Å²) in [4.78, 5) is 2.95. The zero-order valence-corrected chi connectivity index (χ0v) is 6.46. The van der Waals surface area contributed by atoms with Gasteiger partial charge in [0.05, 0.1) is 12.5 Å². The van der Waals surface area contributed by atoms with E-state index in [1.165, 1.54) is 0 Å². The minimum absolute atomic E-state index is 0.147. The SMILES string of the molecule is Cc1c[nH]cc1[C@@H](N)CC#N. The van der Waals surface area contributed by atoms with Gasteiger partial charge in [0.2, 0.25) is 0 Å². The molecule has 58 valence electrons. The lowest BCUT2D eigenvalue weighted by molar-refractivity contribution is 0.745. The number of hydrogen-bond donors (Lipinski definition) is 2. The Balaban J connectivity index is 2.77. The van der Waals surface area contributed by atoms with Gasteiger partial charge in [-0.3, -0.25) is 0 Å². The highest BCUT2D eigenvalue weighted by molar-refractivity contribution is 5.25. The Labute approximate surface area is 65.8 Å². The zero-order chi connectivity index (χ0) is 8.27. The number of H-pyrrole nitrogens is 1. The lowest BCUT2D eigenvalue weighted by Crippen LogP contribution is -2.09. The second-order valence-electron chi connectivity index (χ2n) is 2.56. The van der Waals surface area contributed by atoms with Crippen LogP contribution in [0, 0.1) is 18.3 Å². The first-order valence-electron chi connectivity index (χ1n) is 3.51. The molecule has 0 aliphatic heterocycles. The number of aromatic amines is 1. The molecule has 0 bridgehead atoms. The molecule has 0 aromatic carbocycles. The van der Waals surface area contributed by atoms with E-state index in [1.54, 1.807) is 0 Å². The van der Waals surface area contributed by atoms with E-state index in [1.807, 2.05) is 25.4 Å². The number of hydrogen-bond acceptors (Lipinski definition) is 2. The second-order valence-corrected chi connectivity index (χ2v) is 2.56. The van der Waals surface area contributed by atoms with Crippen LogP contribution in [0.5, 0.6) is 0 Å². The summed E-state index contributed by atoms with van der Waals surface area (Å²) in [6.07, 6.45) is 4.10. The summed E-state index contributed by atoms with van der Waals surface area (Å²) in [7, 11) is 0. The molecular weight excluding hydrogens is 138 g/mol. The Morgan fingerprint density at radius 2 is 2.45 bits per heavy atom. The van der Waals surface area contributed by atoms with E-state index in [-0.39, 0.29) is 6.04 Å². The van der Waals surface area contributed by atoms with Crippen molar-refractivity contribution >= 4 is 0 Å². The fourth-order valence-electron chi connectivity index (χ4n) is 1.06. The maximum atomic E-state index is 8.39. The maximum Gasteiger partial charge on any atom is 0.0641 e.